The van der Waals surface area contributed by atoms with Crippen molar-refractivity contribution in [2.24, 2.45) is 0 Å². The van der Waals surface area contributed by atoms with E-state index in [4.69, 9.17) is 0 Å². The highest BCUT2D eigenvalue weighted by Gasteiger charge is 2.34. The fourth-order valence-electron chi connectivity index (χ4n) is 2.15. The molecule has 0 bridgehead atoms. The summed E-state index contributed by atoms with van der Waals surface area (Å²) in [6, 6.07) is 2.39. The number of thioether (sulfide) groups is 1. The van der Waals surface area contributed by atoms with Crippen LogP contribution in [-0.2, 0) is 4.79 Å². The monoisotopic (exact) mass is 270 g/mol. The van der Waals surface area contributed by atoms with Crippen LogP contribution in [0.4, 0.5) is 0 Å². The van der Waals surface area contributed by atoms with E-state index in [1.807, 2.05) is 16.7 Å². The summed E-state index contributed by atoms with van der Waals surface area (Å²) in [4.78, 5) is 13.9. The number of rotatable bonds is 5. The standard InChI is InChI=1S/C12H18N2OS2/c1-9(3-5-16-2)14-11(15)7-13-12(14)10-4-6-17-8-10/h4,6,8-9,12-13H,3,5,7H2,1-2H3. The molecule has 17 heavy (non-hydrogen) atoms. The Kier molecular flexibility index (Phi) is 4.48. The van der Waals surface area contributed by atoms with Crippen molar-refractivity contribution in [3.8, 4) is 0 Å². The van der Waals surface area contributed by atoms with Gasteiger partial charge in [0.05, 0.1) is 6.54 Å². The molecule has 0 spiro atoms. The van der Waals surface area contributed by atoms with Crippen LogP contribution in [0.3, 0.4) is 0 Å². The first-order valence-electron chi connectivity index (χ1n) is 5.79. The van der Waals surface area contributed by atoms with Crippen molar-refractivity contribution in [3.63, 3.8) is 0 Å². The van der Waals surface area contributed by atoms with Crippen molar-refractivity contribution in [1.82, 2.24) is 10.2 Å². The number of nitrogens with one attached hydrogen (secondary N) is 1. The smallest absolute Gasteiger partial charge is 0.238 e. The molecule has 1 N–H and O–H groups in total. The first kappa shape index (κ1) is 12.9. The molecule has 0 aliphatic carbocycles. The molecule has 5 heteroatoms. The summed E-state index contributed by atoms with van der Waals surface area (Å²) in [5.74, 6) is 1.32. The summed E-state index contributed by atoms with van der Waals surface area (Å²) in [7, 11) is 0. The lowest BCUT2D eigenvalue weighted by Crippen LogP contribution is -2.38. The predicted octanol–water partition coefficient (Wildman–Crippen LogP) is 2.32. The highest BCUT2D eigenvalue weighted by Crippen LogP contribution is 2.27. The quantitative estimate of drug-likeness (QED) is 0.891. The molecule has 3 nitrogen and oxygen atoms in total. The van der Waals surface area contributed by atoms with E-state index in [2.05, 4.69) is 35.3 Å². The Morgan fingerprint density at radius 3 is 3.18 bits per heavy atom. The van der Waals surface area contributed by atoms with Crippen molar-refractivity contribution in [1.29, 1.82) is 0 Å². The van der Waals surface area contributed by atoms with Gasteiger partial charge in [0.25, 0.3) is 0 Å². The molecule has 1 aliphatic heterocycles. The second kappa shape index (κ2) is 5.89. The molecule has 0 radical (unpaired) electrons. The van der Waals surface area contributed by atoms with Crippen molar-refractivity contribution in [3.05, 3.63) is 22.4 Å². The lowest BCUT2D eigenvalue weighted by molar-refractivity contribution is -0.130. The lowest BCUT2D eigenvalue weighted by atomic mass is 10.1. The van der Waals surface area contributed by atoms with Crippen molar-refractivity contribution in [2.75, 3.05) is 18.6 Å². The normalized spacial score (nSPS) is 22.1. The third kappa shape index (κ3) is 2.84. The molecule has 94 valence electrons. The Morgan fingerprint density at radius 1 is 1.71 bits per heavy atom. The van der Waals surface area contributed by atoms with Crippen LogP contribution in [0.25, 0.3) is 0 Å². The van der Waals surface area contributed by atoms with E-state index in [-0.39, 0.29) is 12.1 Å². The van der Waals surface area contributed by atoms with Crippen molar-refractivity contribution >= 4 is 29.0 Å². The fourth-order valence-corrected chi connectivity index (χ4v) is 3.41. The molecule has 1 amide bonds. The highest BCUT2D eigenvalue weighted by molar-refractivity contribution is 7.98. The SMILES string of the molecule is CSCCC(C)N1C(=O)CNC1c1ccsc1. The highest BCUT2D eigenvalue weighted by atomic mass is 32.2. The average molecular weight is 270 g/mol. The van der Waals surface area contributed by atoms with Crippen LogP contribution in [0, 0.1) is 0 Å². The second-order valence-corrected chi connectivity index (χ2v) is 6.04. The van der Waals surface area contributed by atoms with Gasteiger partial charge in [0, 0.05) is 6.04 Å². The molecule has 1 aromatic heterocycles. The van der Waals surface area contributed by atoms with E-state index in [1.54, 1.807) is 11.3 Å². The maximum Gasteiger partial charge on any atom is 0.238 e. The minimum absolute atomic E-state index is 0.0746. The summed E-state index contributed by atoms with van der Waals surface area (Å²) in [5.41, 5.74) is 1.21. The summed E-state index contributed by atoms with van der Waals surface area (Å²) in [6.07, 6.45) is 3.23. The van der Waals surface area contributed by atoms with Gasteiger partial charge < -0.3 is 4.90 Å². The largest absolute Gasteiger partial charge is 0.319 e. The molecule has 2 atom stereocenters. The zero-order chi connectivity index (χ0) is 12.3. The summed E-state index contributed by atoms with van der Waals surface area (Å²) >= 11 is 3.51. The molecule has 0 saturated carbocycles. The number of carbonyl (C=O) groups is 1. The van der Waals surface area contributed by atoms with E-state index >= 15 is 0 Å². The van der Waals surface area contributed by atoms with Crippen LogP contribution in [0.1, 0.15) is 25.1 Å². The number of hydrogen-bond acceptors (Lipinski definition) is 4. The van der Waals surface area contributed by atoms with E-state index in [1.165, 1.54) is 5.56 Å². The Morgan fingerprint density at radius 2 is 2.53 bits per heavy atom. The Bertz CT molecular complexity index is 367. The van der Waals surface area contributed by atoms with Gasteiger partial charge in [-0.1, -0.05) is 0 Å². The minimum atomic E-state index is 0.0746. The number of thiophene rings is 1. The molecule has 1 fully saturated rings. The van der Waals surface area contributed by atoms with Gasteiger partial charge >= 0.3 is 0 Å². The molecule has 1 aliphatic rings. The predicted molar refractivity (Wildman–Crippen MR) is 74.4 cm³/mol. The second-order valence-electron chi connectivity index (χ2n) is 4.27. The molecule has 1 saturated heterocycles. The number of hydrogen-bond donors (Lipinski definition) is 1. The lowest BCUT2D eigenvalue weighted by Gasteiger charge is -2.30. The van der Waals surface area contributed by atoms with Gasteiger partial charge in [-0.25, -0.2) is 0 Å². The summed E-state index contributed by atoms with van der Waals surface area (Å²) < 4.78 is 0. The topological polar surface area (TPSA) is 32.3 Å². The number of amides is 1. The van der Waals surface area contributed by atoms with Crippen LogP contribution in [0.5, 0.6) is 0 Å². The van der Waals surface area contributed by atoms with Crippen molar-refractivity contribution in [2.45, 2.75) is 25.6 Å². The van der Waals surface area contributed by atoms with E-state index in [0.717, 1.165) is 12.2 Å². The zero-order valence-corrected chi connectivity index (χ0v) is 11.8. The molecule has 2 heterocycles. The molecule has 1 aromatic rings. The van der Waals surface area contributed by atoms with Gasteiger partial charge in [-0.2, -0.15) is 23.1 Å². The Labute approximate surface area is 111 Å². The Balaban J connectivity index is 2.09. The van der Waals surface area contributed by atoms with E-state index < -0.39 is 0 Å². The van der Waals surface area contributed by atoms with E-state index in [9.17, 15) is 4.79 Å². The van der Waals surface area contributed by atoms with Gasteiger partial charge in [0.15, 0.2) is 0 Å². The number of nitrogens with zero attached hydrogens (tertiary/aromatic N) is 1. The maximum atomic E-state index is 11.9. The zero-order valence-electron chi connectivity index (χ0n) is 10.2. The summed E-state index contributed by atoms with van der Waals surface area (Å²) in [5, 5.41) is 7.47. The minimum Gasteiger partial charge on any atom is -0.319 e. The van der Waals surface area contributed by atoms with Gasteiger partial charge in [-0.3, -0.25) is 10.1 Å². The molecular weight excluding hydrogens is 252 g/mol. The van der Waals surface area contributed by atoms with Gasteiger partial charge in [0.2, 0.25) is 5.91 Å². The summed E-state index contributed by atoms with van der Waals surface area (Å²) in [6.45, 7) is 2.60. The third-order valence-corrected chi connectivity index (χ3v) is 4.43. The van der Waals surface area contributed by atoms with Gasteiger partial charge in [-0.05, 0) is 47.7 Å². The first-order chi connectivity index (χ1) is 8.24. The van der Waals surface area contributed by atoms with Crippen LogP contribution in [0.15, 0.2) is 16.8 Å². The number of carbonyl (C=O) groups excluding carboxylic acids is 1. The fraction of sp³-hybridized carbons (Fsp3) is 0.583. The van der Waals surface area contributed by atoms with Crippen LogP contribution in [0.2, 0.25) is 0 Å². The Hall–Kier alpha value is -0.520. The van der Waals surface area contributed by atoms with Crippen LogP contribution in [-0.4, -0.2) is 35.4 Å². The molecule has 0 aromatic carbocycles. The average Bonchev–Trinajstić information content (AvgIpc) is 2.94. The first-order valence-corrected chi connectivity index (χ1v) is 8.13. The van der Waals surface area contributed by atoms with Gasteiger partial charge in [-0.15, -0.1) is 0 Å². The molecule has 2 rings (SSSR count). The maximum absolute atomic E-state index is 11.9. The molecular formula is C12H18N2OS2. The van der Waals surface area contributed by atoms with Crippen LogP contribution >= 0.6 is 23.1 Å². The van der Waals surface area contributed by atoms with Crippen LogP contribution < -0.4 is 5.32 Å². The third-order valence-electron chi connectivity index (χ3n) is 3.09. The van der Waals surface area contributed by atoms with Crippen molar-refractivity contribution < 1.29 is 4.79 Å². The van der Waals surface area contributed by atoms with E-state index in [0.29, 0.717) is 12.6 Å². The van der Waals surface area contributed by atoms with Gasteiger partial charge in [0.1, 0.15) is 6.17 Å². The molecule has 2 unspecified atom stereocenters.